The summed E-state index contributed by atoms with van der Waals surface area (Å²) in [6, 6.07) is 8.42. The molecule has 0 aliphatic rings. The molecular formula is C16H21N3OS. The summed E-state index contributed by atoms with van der Waals surface area (Å²) < 4.78 is 0. The zero-order valence-corrected chi connectivity index (χ0v) is 13.7. The zero-order valence-electron chi connectivity index (χ0n) is 12.9. The van der Waals surface area contributed by atoms with Crippen molar-refractivity contribution in [1.82, 2.24) is 15.2 Å². The normalized spacial score (nSPS) is 12.4. The predicted octanol–water partition coefficient (Wildman–Crippen LogP) is 2.79. The fourth-order valence-corrected chi connectivity index (χ4v) is 2.87. The molecule has 1 unspecified atom stereocenters. The van der Waals surface area contributed by atoms with Crippen LogP contribution in [0.25, 0.3) is 0 Å². The third kappa shape index (κ3) is 3.89. The molecule has 0 spiro atoms. The molecule has 0 aliphatic heterocycles. The van der Waals surface area contributed by atoms with Gasteiger partial charge in [-0.1, -0.05) is 24.3 Å². The van der Waals surface area contributed by atoms with Gasteiger partial charge in [0.2, 0.25) is 0 Å². The number of hydrogen-bond donors (Lipinski definition) is 1. The first-order valence-electron chi connectivity index (χ1n) is 6.91. The van der Waals surface area contributed by atoms with E-state index in [2.05, 4.69) is 34.3 Å². The minimum absolute atomic E-state index is 0.111. The van der Waals surface area contributed by atoms with E-state index in [-0.39, 0.29) is 11.9 Å². The lowest BCUT2D eigenvalue weighted by molar-refractivity contribution is 0.0937. The minimum atomic E-state index is -0.111. The summed E-state index contributed by atoms with van der Waals surface area (Å²) in [5.41, 5.74) is 2.96. The number of thiazole rings is 1. The fraction of sp³-hybridized carbons (Fsp3) is 0.375. The van der Waals surface area contributed by atoms with Crippen LogP contribution in [0.3, 0.4) is 0 Å². The van der Waals surface area contributed by atoms with E-state index < -0.39 is 0 Å². The molecule has 0 radical (unpaired) electrons. The first kappa shape index (κ1) is 15.7. The number of aromatic nitrogens is 1. The lowest BCUT2D eigenvalue weighted by Gasteiger charge is -2.26. The number of amides is 1. The summed E-state index contributed by atoms with van der Waals surface area (Å²) in [5, 5.41) is 5.68. The maximum absolute atomic E-state index is 12.1. The Morgan fingerprint density at radius 1 is 1.33 bits per heavy atom. The van der Waals surface area contributed by atoms with E-state index in [4.69, 9.17) is 0 Å². The molecule has 1 atom stereocenters. The predicted molar refractivity (Wildman–Crippen MR) is 86.8 cm³/mol. The molecule has 112 valence electrons. The number of rotatable bonds is 5. The third-order valence-corrected chi connectivity index (χ3v) is 4.25. The molecule has 1 aromatic carbocycles. The smallest absolute Gasteiger partial charge is 0.270 e. The lowest BCUT2D eigenvalue weighted by Crippen LogP contribution is -2.35. The number of benzene rings is 1. The number of carbonyl (C=O) groups is 1. The quantitative estimate of drug-likeness (QED) is 0.924. The van der Waals surface area contributed by atoms with Crippen LogP contribution in [0.15, 0.2) is 29.6 Å². The SMILES string of the molecule is Cc1nc(C(=O)NCC(c2ccccc2C)N(C)C)cs1. The third-order valence-electron chi connectivity index (χ3n) is 3.48. The van der Waals surface area contributed by atoms with Gasteiger partial charge in [0.1, 0.15) is 5.69 Å². The van der Waals surface area contributed by atoms with E-state index in [0.717, 1.165) is 5.01 Å². The lowest BCUT2D eigenvalue weighted by atomic mass is 10.0. The van der Waals surface area contributed by atoms with Crippen molar-refractivity contribution in [3.63, 3.8) is 0 Å². The Kier molecular flexibility index (Phi) is 5.09. The fourth-order valence-electron chi connectivity index (χ4n) is 2.28. The van der Waals surface area contributed by atoms with Crippen LogP contribution < -0.4 is 5.32 Å². The highest BCUT2D eigenvalue weighted by atomic mass is 32.1. The summed E-state index contributed by atoms with van der Waals surface area (Å²) in [6.45, 7) is 4.56. The van der Waals surface area contributed by atoms with Gasteiger partial charge in [0.05, 0.1) is 11.0 Å². The van der Waals surface area contributed by atoms with Gasteiger partial charge in [-0.25, -0.2) is 4.98 Å². The molecule has 0 aliphatic carbocycles. The summed E-state index contributed by atoms with van der Waals surface area (Å²) in [5.74, 6) is -0.111. The van der Waals surface area contributed by atoms with Gasteiger partial charge in [-0.15, -0.1) is 11.3 Å². The van der Waals surface area contributed by atoms with Gasteiger partial charge >= 0.3 is 0 Å². The maximum Gasteiger partial charge on any atom is 0.270 e. The molecule has 0 fully saturated rings. The monoisotopic (exact) mass is 303 g/mol. The van der Waals surface area contributed by atoms with E-state index in [1.54, 1.807) is 5.38 Å². The van der Waals surface area contributed by atoms with Gasteiger partial charge in [0.15, 0.2) is 0 Å². The van der Waals surface area contributed by atoms with Crippen LogP contribution in [-0.4, -0.2) is 36.4 Å². The van der Waals surface area contributed by atoms with Gasteiger partial charge in [-0.3, -0.25) is 4.79 Å². The molecule has 1 amide bonds. The Hall–Kier alpha value is -1.72. The van der Waals surface area contributed by atoms with Crippen molar-refractivity contribution in [3.8, 4) is 0 Å². The second-order valence-electron chi connectivity index (χ2n) is 5.30. The van der Waals surface area contributed by atoms with Crippen LogP contribution in [0.4, 0.5) is 0 Å². The Bertz CT molecular complexity index is 621. The van der Waals surface area contributed by atoms with E-state index >= 15 is 0 Å². The molecule has 0 saturated carbocycles. The topological polar surface area (TPSA) is 45.2 Å². The van der Waals surface area contributed by atoms with Gasteiger partial charge < -0.3 is 10.2 Å². The maximum atomic E-state index is 12.1. The molecule has 21 heavy (non-hydrogen) atoms. The van der Waals surface area contributed by atoms with Crippen LogP contribution in [-0.2, 0) is 0 Å². The number of nitrogens with one attached hydrogen (secondary N) is 1. The van der Waals surface area contributed by atoms with E-state index in [1.165, 1.54) is 22.5 Å². The Labute approximate surface area is 129 Å². The van der Waals surface area contributed by atoms with E-state index in [9.17, 15) is 4.79 Å². The highest BCUT2D eigenvalue weighted by molar-refractivity contribution is 7.09. The van der Waals surface area contributed by atoms with Gasteiger partial charge in [0, 0.05) is 11.9 Å². The Balaban J connectivity index is 2.08. The van der Waals surface area contributed by atoms with E-state index in [1.807, 2.05) is 33.2 Å². The molecule has 0 saturated heterocycles. The zero-order chi connectivity index (χ0) is 15.4. The molecule has 1 N–H and O–H groups in total. The highest BCUT2D eigenvalue weighted by Crippen LogP contribution is 2.21. The molecule has 4 nitrogen and oxygen atoms in total. The first-order valence-corrected chi connectivity index (χ1v) is 7.79. The van der Waals surface area contributed by atoms with Gasteiger partial charge in [-0.2, -0.15) is 0 Å². The Morgan fingerprint density at radius 2 is 2.05 bits per heavy atom. The second kappa shape index (κ2) is 6.83. The average Bonchev–Trinajstić information content (AvgIpc) is 2.87. The molecule has 1 heterocycles. The van der Waals surface area contributed by atoms with Gasteiger partial charge in [0.25, 0.3) is 5.91 Å². The standard InChI is InChI=1S/C16H21N3OS/c1-11-7-5-6-8-13(11)15(19(3)4)9-17-16(20)14-10-21-12(2)18-14/h5-8,10,15H,9H2,1-4H3,(H,17,20). The molecule has 2 rings (SSSR count). The number of carbonyl (C=O) groups excluding carboxylic acids is 1. The number of nitrogens with zero attached hydrogens (tertiary/aromatic N) is 2. The van der Waals surface area contributed by atoms with Crippen LogP contribution in [0.5, 0.6) is 0 Å². The van der Waals surface area contributed by atoms with Crippen molar-refractivity contribution in [3.05, 3.63) is 51.5 Å². The first-order chi connectivity index (χ1) is 9.99. The number of aryl methyl sites for hydroxylation is 2. The summed E-state index contributed by atoms with van der Waals surface area (Å²) in [7, 11) is 4.05. The highest BCUT2D eigenvalue weighted by Gasteiger charge is 2.18. The van der Waals surface area contributed by atoms with Crippen molar-refractivity contribution >= 4 is 17.2 Å². The molecule has 0 bridgehead atoms. The van der Waals surface area contributed by atoms with Crippen LogP contribution in [0, 0.1) is 13.8 Å². The van der Waals surface area contributed by atoms with Crippen LogP contribution in [0.2, 0.25) is 0 Å². The summed E-state index contributed by atoms with van der Waals surface area (Å²) in [6.07, 6.45) is 0. The van der Waals surface area contributed by atoms with Crippen molar-refractivity contribution in [2.75, 3.05) is 20.6 Å². The van der Waals surface area contributed by atoms with Crippen molar-refractivity contribution in [1.29, 1.82) is 0 Å². The Morgan fingerprint density at radius 3 is 2.62 bits per heavy atom. The van der Waals surface area contributed by atoms with Crippen molar-refractivity contribution in [2.45, 2.75) is 19.9 Å². The molecule has 1 aromatic heterocycles. The van der Waals surface area contributed by atoms with Crippen LogP contribution in [0.1, 0.15) is 32.7 Å². The average molecular weight is 303 g/mol. The largest absolute Gasteiger partial charge is 0.349 e. The molecule has 5 heteroatoms. The van der Waals surface area contributed by atoms with Gasteiger partial charge in [-0.05, 0) is 39.1 Å². The second-order valence-corrected chi connectivity index (χ2v) is 6.36. The van der Waals surface area contributed by atoms with Crippen LogP contribution >= 0.6 is 11.3 Å². The molecular weight excluding hydrogens is 282 g/mol. The summed E-state index contributed by atoms with van der Waals surface area (Å²) >= 11 is 1.49. The molecule has 2 aromatic rings. The van der Waals surface area contributed by atoms with Crippen molar-refractivity contribution in [2.24, 2.45) is 0 Å². The van der Waals surface area contributed by atoms with Crippen molar-refractivity contribution < 1.29 is 4.79 Å². The number of hydrogen-bond acceptors (Lipinski definition) is 4. The minimum Gasteiger partial charge on any atom is -0.349 e. The number of likely N-dealkylation sites (N-methyl/N-ethyl adjacent to an activating group) is 1. The van der Waals surface area contributed by atoms with E-state index in [0.29, 0.717) is 12.2 Å². The summed E-state index contributed by atoms with van der Waals surface area (Å²) in [4.78, 5) is 18.5.